The number of hydrogen-bond donors (Lipinski definition) is 2. The van der Waals surface area contributed by atoms with Crippen molar-refractivity contribution in [3.8, 4) is 0 Å². The summed E-state index contributed by atoms with van der Waals surface area (Å²) >= 11 is 1.81. The first-order valence-electron chi connectivity index (χ1n) is 10.7. The van der Waals surface area contributed by atoms with E-state index >= 15 is 0 Å². The third kappa shape index (κ3) is 6.40. The molecule has 6 nitrogen and oxygen atoms in total. The standard InChI is InChI=1S/C21H35N5OS/c1-25(2)19(27)16-23-21(22-15-17-7-4-3-5-8-17)24-18-10-12-26(13-11-18)20-9-6-14-28-20/h6,9,14,17-18H,3-5,7-8,10-13,15-16H2,1-2H3,(H2,22,23,24). The number of rotatable bonds is 6. The van der Waals surface area contributed by atoms with Crippen molar-refractivity contribution in [1.82, 2.24) is 15.5 Å². The predicted molar refractivity (Wildman–Crippen MR) is 118 cm³/mol. The van der Waals surface area contributed by atoms with Crippen molar-refractivity contribution >= 4 is 28.2 Å². The molecule has 156 valence electrons. The van der Waals surface area contributed by atoms with Crippen LogP contribution in [0.2, 0.25) is 0 Å². The number of thiophene rings is 1. The largest absolute Gasteiger partial charge is 0.363 e. The van der Waals surface area contributed by atoms with Gasteiger partial charge in [0, 0.05) is 39.8 Å². The number of anilines is 1. The molecule has 28 heavy (non-hydrogen) atoms. The topological polar surface area (TPSA) is 60.0 Å². The maximum atomic E-state index is 12.0. The molecular weight excluding hydrogens is 370 g/mol. The fraction of sp³-hybridized carbons (Fsp3) is 0.714. The molecule has 2 aliphatic rings. The van der Waals surface area contributed by atoms with Crippen molar-refractivity contribution in [1.29, 1.82) is 0 Å². The molecule has 0 atom stereocenters. The zero-order valence-corrected chi connectivity index (χ0v) is 18.1. The van der Waals surface area contributed by atoms with Gasteiger partial charge in [0.25, 0.3) is 0 Å². The van der Waals surface area contributed by atoms with E-state index in [1.807, 2.05) is 11.3 Å². The molecule has 0 spiro atoms. The first kappa shape index (κ1) is 21.0. The van der Waals surface area contributed by atoms with E-state index in [0.29, 0.717) is 6.04 Å². The molecule has 1 aliphatic carbocycles. The summed E-state index contributed by atoms with van der Waals surface area (Å²) < 4.78 is 0. The van der Waals surface area contributed by atoms with Crippen LogP contribution in [0.4, 0.5) is 5.00 Å². The van der Waals surface area contributed by atoms with Gasteiger partial charge < -0.3 is 20.4 Å². The smallest absolute Gasteiger partial charge is 0.243 e. The van der Waals surface area contributed by atoms with Gasteiger partial charge in [-0.25, -0.2) is 4.99 Å². The Morgan fingerprint density at radius 2 is 1.96 bits per heavy atom. The Labute approximate surface area is 173 Å². The number of likely N-dealkylation sites (N-methyl/N-ethyl adjacent to an activating group) is 1. The third-order valence-electron chi connectivity index (χ3n) is 5.81. The summed E-state index contributed by atoms with van der Waals surface area (Å²) in [6.07, 6.45) is 8.83. The van der Waals surface area contributed by atoms with E-state index in [1.54, 1.807) is 19.0 Å². The van der Waals surface area contributed by atoms with Gasteiger partial charge in [0.1, 0.15) is 6.54 Å². The van der Waals surface area contributed by atoms with Crippen molar-refractivity contribution in [3.63, 3.8) is 0 Å². The van der Waals surface area contributed by atoms with Crippen LogP contribution in [0, 0.1) is 5.92 Å². The minimum absolute atomic E-state index is 0.0336. The number of amides is 1. The number of nitrogens with zero attached hydrogens (tertiary/aromatic N) is 3. The highest BCUT2D eigenvalue weighted by atomic mass is 32.1. The van der Waals surface area contributed by atoms with Crippen LogP contribution < -0.4 is 15.5 Å². The molecule has 7 heteroatoms. The summed E-state index contributed by atoms with van der Waals surface area (Å²) in [5.74, 6) is 1.56. The van der Waals surface area contributed by atoms with Crippen molar-refractivity contribution in [2.45, 2.75) is 51.0 Å². The van der Waals surface area contributed by atoms with Crippen LogP contribution in [0.15, 0.2) is 22.5 Å². The van der Waals surface area contributed by atoms with Gasteiger partial charge in [-0.15, -0.1) is 11.3 Å². The van der Waals surface area contributed by atoms with E-state index in [-0.39, 0.29) is 12.5 Å². The van der Waals surface area contributed by atoms with Gasteiger partial charge in [-0.3, -0.25) is 4.79 Å². The second-order valence-corrected chi connectivity index (χ2v) is 9.12. The fourth-order valence-corrected chi connectivity index (χ4v) is 4.75. The normalized spacial score (nSPS) is 19.5. The number of guanidine groups is 1. The van der Waals surface area contributed by atoms with Gasteiger partial charge >= 0.3 is 0 Å². The number of aliphatic imine (C=N–C) groups is 1. The molecule has 1 amide bonds. The molecule has 1 saturated carbocycles. The average molecular weight is 406 g/mol. The van der Waals surface area contributed by atoms with Gasteiger partial charge in [-0.05, 0) is 49.1 Å². The number of hydrogen-bond acceptors (Lipinski definition) is 4. The van der Waals surface area contributed by atoms with Gasteiger partial charge in [-0.2, -0.15) is 0 Å². The molecule has 1 saturated heterocycles. The molecule has 0 aromatic carbocycles. The number of carbonyl (C=O) groups is 1. The van der Waals surface area contributed by atoms with E-state index < -0.39 is 0 Å². The summed E-state index contributed by atoms with van der Waals surface area (Å²) in [4.78, 5) is 20.6. The van der Waals surface area contributed by atoms with Gasteiger partial charge in [0.05, 0.1) is 5.00 Å². The van der Waals surface area contributed by atoms with Crippen LogP contribution in [0.5, 0.6) is 0 Å². The van der Waals surface area contributed by atoms with E-state index in [4.69, 9.17) is 0 Å². The average Bonchev–Trinajstić information content (AvgIpc) is 3.26. The molecule has 0 radical (unpaired) electrons. The van der Waals surface area contributed by atoms with Crippen molar-refractivity contribution in [3.05, 3.63) is 17.5 Å². The van der Waals surface area contributed by atoms with Gasteiger partial charge in [0.2, 0.25) is 5.91 Å². The highest BCUT2D eigenvalue weighted by Crippen LogP contribution is 2.25. The maximum absolute atomic E-state index is 12.0. The second-order valence-electron chi connectivity index (χ2n) is 8.19. The fourth-order valence-electron chi connectivity index (χ4n) is 3.96. The Balaban J connectivity index is 1.52. The Kier molecular flexibility index (Phi) is 8.01. The number of nitrogens with one attached hydrogen (secondary N) is 2. The predicted octanol–water partition coefficient (Wildman–Crippen LogP) is 2.92. The zero-order chi connectivity index (χ0) is 19.8. The Morgan fingerprint density at radius 1 is 1.21 bits per heavy atom. The SMILES string of the molecule is CN(C)C(=O)CN=C(NCC1CCCCC1)NC1CCN(c2cccs2)CC1. The van der Waals surface area contributed by atoms with Gasteiger partial charge in [-0.1, -0.05) is 19.3 Å². The van der Waals surface area contributed by atoms with Crippen molar-refractivity contribution < 1.29 is 4.79 Å². The summed E-state index contributed by atoms with van der Waals surface area (Å²) in [5, 5.41) is 10.6. The highest BCUT2D eigenvalue weighted by Gasteiger charge is 2.21. The molecule has 2 heterocycles. The van der Waals surface area contributed by atoms with Gasteiger partial charge in [0.15, 0.2) is 5.96 Å². The zero-order valence-electron chi connectivity index (χ0n) is 17.3. The van der Waals surface area contributed by atoms with E-state index in [9.17, 15) is 4.79 Å². The number of piperidine rings is 1. The summed E-state index contributed by atoms with van der Waals surface area (Å²) in [7, 11) is 3.56. The van der Waals surface area contributed by atoms with Crippen LogP contribution in [0.1, 0.15) is 44.9 Å². The van der Waals surface area contributed by atoms with Crippen LogP contribution >= 0.6 is 11.3 Å². The van der Waals surface area contributed by atoms with E-state index in [2.05, 4.69) is 38.0 Å². The first-order valence-corrected chi connectivity index (χ1v) is 11.5. The lowest BCUT2D eigenvalue weighted by Gasteiger charge is -2.34. The van der Waals surface area contributed by atoms with Crippen LogP contribution in [-0.2, 0) is 4.79 Å². The highest BCUT2D eigenvalue weighted by molar-refractivity contribution is 7.14. The molecule has 1 aromatic heterocycles. The van der Waals surface area contributed by atoms with E-state index in [0.717, 1.165) is 44.4 Å². The summed E-state index contributed by atoms with van der Waals surface area (Å²) in [6.45, 7) is 3.27. The molecule has 2 N–H and O–H groups in total. The third-order valence-corrected chi connectivity index (χ3v) is 6.74. The Hall–Kier alpha value is -1.76. The minimum atomic E-state index is 0.0336. The molecule has 2 fully saturated rings. The minimum Gasteiger partial charge on any atom is -0.363 e. The van der Waals surface area contributed by atoms with Crippen LogP contribution in [-0.4, -0.2) is 63.1 Å². The van der Waals surface area contributed by atoms with Crippen molar-refractivity contribution in [2.75, 3.05) is 45.2 Å². The molecule has 3 rings (SSSR count). The molecular formula is C21H35N5OS. The lowest BCUT2D eigenvalue weighted by molar-refractivity contribution is -0.127. The lowest BCUT2D eigenvalue weighted by atomic mass is 9.89. The summed E-state index contributed by atoms with van der Waals surface area (Å²) in [5.41, 5.74) is 0. The monoisotopic (exact) mass is 405 g/mol. The second kappa shape index (κ2) is 10.7. The molecule has 0 unspecified atom stereocenters. The molecule has 1 aromatic rings. The lowest BCUT2D eigenvalue weighted by Crippen LogP contribution is -2.49. The molecule has 1 aliphatic heterocycles. The number of carbonyl (C=O) groups excluding carboxylic acids is 1. The Morgan fingerprint density at radius 3 is 2.61 bits per heavy atom. The maximum Gasteiger partial charge on any atom is 0.243 e. The molecule has 0 bridgehead atoms. The summed E-state index contributed by atoms with van der Waals surface area (Å²) in [6, 6.07) is 4.72. The van der Waals surface area contributed by atoms with Crippen LogP contribution in [0.25, 0.3) is 0 Å². The first-order chi connectivity index (χ1) is 13.6. The van der Waals surface area contributed by atoms with Crippen molar-refractivity contribution in [2.24, 2.45) is 10.9 Å². The van der Waals surface area contributed by atoms with Crippen LogP contribution in [0.3, 0.4) is 0 Å². The van der Waals surface area contributed by atoms with E-state index in [1.165, 1.54) is 37.1 Å². The Bertz CT molecular complexity index is 617. The quantitative estimate of drug-likeness (QED) is 0.564.